The van der Waals surface area contributed by atoms with Gasteiger partial charge in [-0.3, -0.25) is 0 Å². The standard InChI is InChI=1S/C13H17N3O2/c1-9-6-10(8-14)16-13(15-9)18-12-5-3-4-11(7-12)17-2/h6,11-12H,3-5,7H2,1-2H3. The summed E-state index contributed by atoms with van der Waals surface area (Å²) >= 11 is 0. The van der Waals surface area contributed by atoms with E-state index in [9.17, 15) is 0 Å². The van der Waals surface area contributed by atoms with Crippen molar-refractivity contribution in [3.63, 3.8) is 0 Å². The highest BCUT2D eigenvalue weighted by Gasteiger charge is 2.23. The second-order valence-electron chi connectivity index (χ2n) is 4.55. The Hall–Kier alpha value is -1.67. The van der Waals surface area contributed by atoms with Crippen LogP contribution in [0.15, 0.2) is 6.07 Å². The first kappa shape index (κ1) is 12.8. The van der Waals surface area contributed by atoms with Gasteiger partial charge in [-0.15, -0.1) is 0 Å². The number of nitriles is 1. The predicted octanol–water partition coefficient (Wildman–Crippen LogP) is 1.99. The topological polar surface area (TPSA) is 68.0 Å². The van der Waals surface area contributed by atoms with Gasteiger partial charge in [-0.05, 0) is 32.3 Å². The van der Waals surface area contributed by atoms with Gasteiger partial charge < -0.3 is 9.47 Å². The van der Waals surface area contributed by atoms with E-state index < -0.39 is 0 Å². The predicted molar refractivity (Wildman–Crippen MR) is 65.2 cm³/mol. The molecule has 1 aliphatic rings. The molecule has 0 aromatic carbocycles. The van der Waals surface area contributed by atoms with Crippen molar-refractivity contribution in [3.05, 3.63) is 17.5 Å². The Bertz CT molecular complexity index is 456. The van der Waals surface area contributed by atoms with E-state index >= 15 is 0 Å². The maximum atomic E-state index is 8.86. The highest BCUT2D eigenvalue weighted by atomic mass is 16.5. The van der Waals surface area contributed by atoms with E-state index in [-0.39, 0.29) is 12.2 Å². The zero-order chi connectivity index (χ0) is 13.0. The van der Waals surface area contributed by atoms with E-state index in [0.29, 0.717) is 11.7 Å². The molecule has 0 saturated heterocycles. The fourth-order valence-electron chi connectivity index (χ4n) is 2.22. The zero-order valence-corrected chi connectivity index (χ0v) is 10.7. The minimum absolute atomic E-state index is 0.0806. The molecule has 96 valence electrons. The van der Waals surface area contributed by atoms with Gasteiger partial charge in [0.1, 0.15) is 17.9 Å². The van der Waals surface area contributed by atoms with E-state index in [4.69, 9.17) is 14.7 Å². The normalized spacial score (nSPS) is 23.4. The van der Waals surface area contributed by atoms with Crippen LogP contribution in [0, 0.1) is 18.3 Å². The Labute approximate surface area is 107 Å². The molecular weight excluding hydrogens is 230 g/mol. The van der Waals surface area contributed by atoms with Crippen molar-refractivity contribution in [1.29, 1.82) is 5.26 Å². The summed E-state index contributed by atoms with van der Waals surface area (Å²) in [6, 6.07) is 3.95. The van der Waals surface area contributed by atoms with Crippen molar-refractivity contribution < 1.29 is 9.47 Å². The average molecular weight is 247 g/mol. The summed E-state index contributed by atoms with van der Waals surface area (Å²) in [5.74, 6) is 0. The molecule has 2 unspecified atom stereocenters. The fourth-order valence-corrected chi connectivity index (χ4v) is 2.22. The zero-order valence-electron chi connectivity index (χ0n) is 10.7. The highest BCUT2D eigenvalue weighted by Crippen LogP contribution is 2.23. The van der Waals surface area contributed by atoms with Gasteiger partial charge in [-0.2, -0.15) is 10.2 Å². The molecule has 1 saturated carbocycles. The Kier molecular flexibility index (Phi) is 4.11. The maximum absolute atomic E-state index is 8.86. The summed E-state index contributed by atoms with van der Waals surface area (Å²) in [4.78, 5) is 8.26. The van der Waals surface area contributed by atoms with Crippen molar-refractivity contribution in [2.24, 2.45) is 0 Å². The van der Waals surface area contributed by atoms with E-state index in [2.05, 4.69) is 9.97 Å². The molecule has 2 rings (SSSR count). The van der Waals surface area contributed by atoms with E-state index in [1.165, 1.54) is 0 Å². The quantitative estimate of drug-likeness (QED) is 0.817. The molecule has 5 nitrogen and oxygen atoms in total. The molecule has 1 aromatic heterocycles. The monoisotopic (exact) mass is 247 g/mol. The van der Waals surface area contributed by atoms with Crippen LogP contribution in [0.1, 0.15) is 37.1 Å². The van der Waals surface area contributed by atoms with Crippen LogP contribution in [-0.4, -0.2) is 29.3 Å². The SMILES string of the molecule is COC1CCCC(Oc2nc(C)cc(C#N)n2)C1. The first-order valence-corrected chi connectivity index (χ1v) is 6.16. The van der Waals surface area contributed by atoms with Gasteiger partial charge in [-0.25, -0.2) is 4.98 Å². The Morgan fingerprint density at radius 2 is 2.11 bits per heavy atom. The van der Waals surface area contributed by atoms with Gasteiger partial charge in [-0.1, -0.05) is 0 Å². The average Bonchev–Trinajstić information content (AvgIpc) is 2.38. The second kappa shape index (κ2) is 5.78. The lowest BCUT2D eigenvalue weighted by Crippen LogP contribution is -2.30. The van der Waals surface area contributed by atoms with Crippen LogP contribution < -0.4 is 4.74 Å². The number of aryl methyl sites for hydroxylation is 1. The third-order valence-electron chi connectivity index (χ3n) is 3.13. The molecule has 1 heterocycles. The molecule has 0 bridgehead atoms. The second-order valence-corrected chi connectivity index (χ2v) is 4.55. The number of hydrogen-bond donors (Lipinski definition) is 0. The molecule has 2 atom stereocenters. The molecule has 1 aliphatic carbocycles. The van der Waals surface area contributed by atoms with Crippen LogP contribution in [0.5, 0.6) is 6.01 Å². The summed E-state index contributed by atoms with van der Waals surface area (Å²) in [5.41, 5.74) is 1.09. The summed E-state index contributed by atoms with van der Waals surface area (Å²) in [7, 11) is 1.73. The van der Waals surface area contributed by atoms with Gasteiger partial charge in [0.25, 0.3) is 0 Å². The van der Waals surface area contributed by atoms with Crippen LogP contribution in [-0.2, 0) is 4.74 Å². The first-order chi connectivity index (χ1) is 8.71. The van der Waals surface area contributed by atoms with Crippen LogP contribution in [0.25, 0.3) is 0 Å². The molecule has 0 spiro atoms. The van der Waals surface area contributed by atoms with Crippen molar-refractivity contribution in [2.75, 3.05) is 7.11 Å². The van der Waals surface area contributed by atoms with Gasteiger partial charge in [0.15, 0.2) is 0 Å². The Morgan fingerprint density at radius 3 is 2.83 bits per heavy atom. The molecule has 0 N–H and O–H groups in total. The third kappa shape index (κ3) is 3.17. The first-order valence-electron chi connectivity index (χ1n) is 6.16. The number of methoxy groups -OCH3 is 1. The van der Waals surface area contributed by atoms with Crippen LogP contribution >= 0.6 is 0 Å². The van der Waals surface area contributed by atoms with Crippen LogP contribution in [0.2, 0.25) is 0 Å². The number of aromatic nitrogens is 2. The smallest absolute Gasteiger partial charge is 0.318 e. The number of hydrogen-bond acceptors (Lipinski definition) is 5. The minimum atomic E-state index is 0.0806. The Balaban J connectivity index is 2.05. The molecule has 1 fully saturated rings. The lowest BCUT2D eigenvalue weighted by Gasteiger charge is -2.27. The third-order valence-corrected chi connectivity index (χ3v) is 3.13. The van der Waals surface area contributed by atoms with Gasteiger partial charge >= 0.3 is 6.01 Å². The van der Waals surface area contributed by atoms with Gasteiger partial charge in [0.05, 0.1) is 6.10 Å². The van der Waals surface area contributed by atoms with Gasteiger partial charge in [0.2, 0.25) is 0 Å². The summed E-state index contributed by atoms with van der Waals surface area (Å²) in [6.07, 6.45) is 4.34. The van der Waals surface area contributed by atoms with Crippen molar-refractivity contribution in [2.45, 2.75) is 44.8 Å². The lowest BCUT2D eigenvalue weighted by atomic mass is 9.95. The fraction of sp³-hybridized carbons (Fsp3) is 0.615. The van der Waals surface area contributed by atoms with E-state index in [0.717, 1.165) is 31.4 Å². The lowest BCUT2D eigenvalue weighted by molar-refractivity contribution is 0.0178. The number of nitrogens with zero attached hydrogens (tertiary/aromatic N) is 3. The van der Waals surface area contributed by atoms with Crippen LogP contribution in [0.3, 0.4) is 0 Å². The Morgan fingerprint density at radius 1 is 1.33 bits per heavy atom. The molecule has 18 heavy (non-hydrogen) atoms. The minimum Gasteiger partial charge on any atom is -0.460 e. The largest absolute Gasteiger partial charge is 0.460 e. The van der Waals surface area contributed by atoms with Gasteiger partial charge in [0, 0.05) is 19.2 Å². The maximum Gasteiger partial charge on any atom is 0.318 e. The number of rotatable bonds is 3. The summed E-state index contributed by atoms with van der Waals surface area (Å²) < 4.78 is 11.1. The summed E-state index contributed by atoms with van der Waals surface area (Å²) in [6.45, 7) is 1.83. The molecule has 0 amide bonds. The molecule has 5 heteroatoms. The molecule has 0 radical (unpaired) electrons. The highest BCUT2D eigenvalue weighted by molar-refractivity contribution is 5.23. The molecule has 0 aliphatic heterocycles. The molecule has 1 aromatic rings. The van der Waals surface area contributed by atoms with E-state index in [1.54, 1.807) is 13.2 Å². The van der Waals surface area contributed by atoms with Crippen molar-refractivity contribution in [1.82, 2.24) is 9.97 Å². The molecular formula is C13H17N3O2. The van der Waals surface area contributed by atoms with Crippen molar-refractivity contribution in [3.8, 4) is 12.1 Å². The number of ether oxygens (including phenoxy) is 2. The van der Waals surface area contributed by atoms with Crippen molar-refractivity contribution >= 4 is 0 Å². The van der Waals surface area contributed by atoms with E-state index in [1.807, 2.05) is 13.0 Å². The summed E-state index contributed by atoms with van der Waals surface area (Å²) in [5, 5.41) is 8.86. The van der Waals surface area contributed by atoms with Crippen LogP contribution in [0.4, 0.5) is 0 Å².